The zero-order chi connectivity index (χ0) is 16.7. The summed E-state index contributed by atoms with van der Waals surface area (Å²) in [5.41, 5.74) is -0.290. The van der Waals surface area contributed by atoms with Crippen molar-refractivity contribution in [1.29, 1.82) is 0 Å². The highest BCUT2D eigenvalue weighted by Gasteiger charge is 2.14. The Morgan fingerprint density at radius 2 is 1.82 bits per heavy atom. The number of benzene rings is 1. The molecule has 122 valence electrons. The van der Waals surface area contributed by atoms with E-state index in [2.05, 4.69) is 24.5 Å². The molecule has 0 fully saturated rings. The molecule has 2 N–H and O–H groups in total. The van der Waals surface area contributed by atoms with Gasteiger partial charge in [0.1, 0.15) is 11.6 Å². The number of nitrogens with one attached hydrogen (secondary N) is 2. The van der Waals surface area contributed by atoms with Gasteiger partial charge >= 0.3 is 0 Å². The molecule has 6 heteroatoms. The van der Waals surface area contributed by atoms with Crippen LogP contribution in [0.15, 0.2) is 18.2 Å². The lowest BCUT2D eigenvalue weighted by molar-refractivity contribution is -0.120. The Morgan fingerprint density at radius 3 is 2.41 bits per heavy atom. The van der Waals surface area contributed by atoms with Crippen LogP contribution < -0.4 is 10.6 Å². The van der Waals surface area contributed by atoms with Crippen molar-refractivity contribution >= 4 is 11.8 Å². The van der Waals surface area contributed by atoms with Gasteiger partial charge in [-0.3, -0.25) is 9.59 Å². The highest BCUT2D eigenvalue weighted by atomic mass is 19.1. The van der Waals surface area contributed by atoms with Gasteiger partial charge < -0.3 is 10.6 Å². The summed E-state index contributed by atoms with van der Waals surface area (Å²) in [6.07, 6.45) is 1.85. The second-order valence-electron chi connectivity index (χ2n) is 5.75. The molecule has 0 bridgehead atoms. The molecule has 0 spiro atoms. The molecule has 22 heavy (non-hydrogen) atoms. The minimum atomic E-state index is -0.955. The van der Waals surface area contributed by atoms with Crippen LogP contribution in [0.3, 0.4) is 0 Å². The van der Waals surface area contributed by atoms with Crippen LogP contribution in [-0.2, 0) is 4.79 Å². The molecule has 2 amide bonds. The minimum absolute atomic E-state index is 0.00867. The van der Waals surface area contributed by atoms with Crippen LogP contribution in [-0.4, -0.2) is 24.4 Å². The maximum atomic E-state index is 13.4. The standard InChI is InChI=1S/C16H22F2N2O2/c1-10(2)4-5-11(3)20-15(21)9-19-16(22)13-7-6-12(17)8-14(13)18/h6-8,10-11H,4-5,9H2,1-3H3,(H,19,22)(H,20,21). The largest absolute Gasteiger partial charge is 0.352 e. The minimum Gasteiger partial charge on any atom is -0.352 e. The SMILES string of the molecule is CC(C)CCC(C)NC(=O)CNC(=O)c1ccc(F)cc1F. The number of hydrogen-bond donors (Lipinski definition) is 2. The zero-order valence-corrected chi connectivity index (χ0v) is 13.1. The molecule has 1 rings (SSSR count). The molecule has 0 saturated heterocycles. The van der Waals surface area contributed by atoms with E-state index in [4.69, 9.17) is 0 Å². The van der Waals surface area contributed by atoms with Crippen LogP contribution in [0, 0.1) is 17.6 Å². The Hall–Kier alpha value is -1.98. The van der Waals surface area contributed by atoms with Crippen LogP contribution in [0.4, 0.5) is 8.78 Å². The van der Waals surface area contributed by atoms with Crippen molar-refractivity contribution in [3.63, 3.8) is 0 Å². The van der Waals surface area contributed by atoms with Crippen molar-refractivity contribution in [3.05, 3.63) is 35.4 Å². The lowest BCUT2D eigenvalue weighted by Gasteiger charge is -2.15. The quantitative estimate of drug-likeness (QED) is 0.813. The van der Waals surface area contributed by atoms with Crippen LogP contribution in [0.25, 0.3) is 0 Å². The fourth-order valence-corrected chi connectivity index (χ4v) is 1.91. The fourth-order valence-electron chi connectivity index (χ4n) is 1.91. The van der Waals surface area contributed by atoms with Gasteiger partial charge in [-0.2, -0.15) is 0 Å². The molecule has 0 aliphatic rings. The van der Waals surface area contributed by atoms with E-state index in [1.165, 1.54) is 0 Å². The maximum absolute atomic E-state index is 13.4. The smallest absolute Gasteiger partial charge is 0.254 e. The Kier molecular flexibility index (Phi) is 6.95. The van der Waals surface area contributed by atoms with E-state index < -0.39 is 17.5 Å². The molecule has 0 aromatic heterocycles. The van der Waals surface area contributed by atoms with Crippen molar-refractivity contribution < 1.29 is 18.4 Å². The number of halogens is 2. The monoisotopic (exact) mass is 312 g/mol. The summed E-state index contributed by atoms with van der Waals surface area (Å²) < 4.78 is 26.2. The van der Waals surface area contributed by atoms with Crippen LogP contribution in [0.1, 0.15) is 44.0 Å². The van der Waals surface area contributed by atoms with E-state index in [0.29, 0.717) is 12.0 Å². The lowest BCUT2D eigenvalue weighted by atomic mass is 10.0. The lowest BCUT2D eigenvalue weighted by Crippen LogP contribution is -2.41. The van der Waals surface area contributed by atoms with E-state index in [-0.39, 0.29) is 24.1 Å². The van der Waals surface area contributed by atoms with Crippen LogP contribution in [0.2, 0.25) is 0 Å². The second kappa shape index (κ2) is 8.46. The van der Waals surface area contributed by atoms with Gasteiger partial charge in [0, 0.05) is 12.1 Å². The molecule has 0 saturated carbocycles. The third-order valence-corrected chi connectivity index (χ3v) is 3.17. The van der Waals surface area contributed by atoms with Crippen molar-refractivity contribution in [2.75, 3.05) is 6.54 Å². The third-order valence-electron chi connectivity index (χ3n) is 3.17. The van der Waals surface area contributed by atoms with E-state index in [9.17, 15) is 18.4 Å². The first-order valence-corrected chi connectivity index (χ1v) is 7.32. The van der Waals surface area contributed by atoms with Crippen molar-refractivity contribution in [2.24, 2.45) is 5.92 Å². The van der Waals surface area contributed by atoms with Gasteiger partial charge in [-0.15, -0.1) is 0 Å². The van der Waals surface area contributed by atoms with Gasteiger partial charge in [0.15, 0.2) is 0 Å². The second-order valence-corrected chi connectivity index (χ2v) is 5.75. The first-order chi connectivity index (χ1) is 10.3. The fraction of sp³-hybridized carbons (Fsp3) is 0.500. The van der Waals surface area contributed by atoms with Crippen molar-refractivity contribution in [1.82, 2.24) is 10.6 Å². The molecular weight excluding hydrogens is 290 g/mol. The molecule has 0 radical (unpaired) electrons. The summed E-state index contributed by atoms with van der Waals surface area (Å²) in [6.45, 7) is 5.85. The average Bonchev–Trinajstić information content (AvgIpc) is 2.42. The number of carbonyl (C=O) groups is 2. The molecule has 0 aliphatic heterocycles. The van der Waals surface area contributed by atoms with E-state index >= 15 is 0 Å². The van der Waals surface area contributed by atoms with Crippen LogP contribution in [0.5, 0.6) is 0 Å². The number of hydrogen-bond acceptors (Lipinski definition) is 2. The molecule has 1 unspecified atom stereocenters. The normalized spacial score (nSPS) is 12.1. The number of rotatable bonds is 7. The predicted octanol–water partition coefficient (Wildman–Crippen LogP) is 2.64. The van der Waals surface area contributed by atoms with Gasteiger partial charge in [0.2, 0.25) is 5.91 Å². The van der Waals surface area contributed by atoms with Crippen LogP contribution >= 0.6 is 0 Å². The first-order valence-electron chi connectivity index (χ1n) is 7.32. The van der Waals surface area contributed by atoms with Gasteiger partial charge in [-0.1, -0.05) is 13.8 Å². The number of carbonyl (C=O) groups excluding carboxylic acids is 2. The Labute approximate surface area is 129 Å². The zero-order valence-electron chi connectivity index (χ0n) is 13.1. The number of amides is 2. The summed E-state index contributed by atoms with van der Waals surface area (Å²) in [5.74, 6) is -2.25. The van der Waals surface area contributed by atoms with E-state index in [1.807, 2.05) is 6.92 Å². The molecule has 1 atom stereocenters. The topological polar surface area (TPSA) is 58.2 Å². The molecule has 4 nitrogen and oxygen atoms in total. The molecule has 1 aromatic rings. The maximum Gasteiger partial charge on any atom is 0.254 e. The first kappa shape index (κ1) is 18.1. The van der Waals surface area contributed by atoms with Crippen molar-refractivity contribution in [3.8, 4) is 0 Å². The van der Waals surface area contributed by atoms with E-state index in [0.717, 1.165) is 25.0 Å². The Bertz CT molecular complexity index is 533. The summed E-state index contributed by atoms with van der Waals surface area (Å²) in [4.78, 5) is 23.4. The van der Waals surface area contributed by atoms with Gasteiger partial charge in [-0.05, 0) is 37.8 Å². The summed E-state index contributed by atoms with van der Waals surface area (Å²) >= 11 is 0. The van der Waals surface area contributed by atoms with Gasteiger partial charge in [0.05, 0.1) is 12.1 Å². The summed E-state index contributed by atoms with van der Waals surface area (Å²) in [6, 6.07) is 2.67. The van der Waals surface area contributed by atoms with Crippen molar-refractivity contribution in [2.45, 2.75) is 39.7 Å². The highest BCUT2D eigenvalue weighted by molar-refractivity contribution is 5.96. The van der Waals surface area contributed by atoms with Gasteiger partial charge in [-0.25, -0.2) is 8.78 Å². The highest BCUT2D eigenvalue weighted by Crippen LogP contribution is 2.09. The molecular formula is C16H22F2N2O2. The van der Waals surface area contributed by atoms with Gasteiger partial charge in [0.25, 0.3) is 5.91 Å². The molecule has 0 aliphatic carbocycles. The Morgan fingerprint density at radius 1 is 1.14 bits per heavy atom. The third kappa shape index (κ3) is 6.20. The average molecular weight is 312 g/mol. The molecule has 1 aromatic carbocycles. The summed E-state index contributed by atoms with van der Waals surface area (Å²) in [7, 11) is 0. The Balaban J connectivity index is 2.41. The molecule has 0 heterocycles. The summed E-state index contributed by atoms with van der Waals surface area (Å²) in [5, 5.41) is 5.07. The predicted molar refractivity (Wildman–Crippen MR) is 80.4 cm³/mol. The van der Waals surface area contributed by atoms with E-state index in [1.54, 1.807) is 0 Å².